The molecule has 1 saturated heterocycles. The molecule has 0 N–H and O–H groups in total. The third kappa shape index (κ3) is 5.05. The van der Waals surface area contributed by atoms with Gasteiger partial charge in [0.2, 0.25) is 0 Å². The van der Waals surface area contributed by atoms with E-state index in [0.717, 1.165) is 18.7 Å². The van der Waals surface area contributed by atoms with Crippen molar-refractivity contribution in [2.45, 2.75) is 16.2 Å². The zero-order valence-corrected chi connectivity index (χ0v) is 18.8. The number of hydrogen-bond donors (Lipinski definition) is 0. The molecule has 0 amide bonds. The molecule has 1 fully saturated rings. The van der Waals surface area contributed by atoms with Crippen molar-refractivity contribution in [3.8, 4) is 5.75 Å². The maximum atomic E-state index is 5.43. The number of nitrogens with zero attached hydrogens (tertiary/aromatic N) is 2. The van der Waals surface area contributed by atoms with Gasteiger partial charge in [-0.3, -0.25) is 0 Å². The maximum absolute atomic E-state index is 5.43. The molecule has 0 spiro atoms. The SMILES string of the molecule is COc1ccc2c(c1)Sc1ccccc1/C2=C/CCN1CCN(C)CC1.Cl.Cl. The lowest BCUT2D eigenvalue weighted by Gasteiger charge is -2.32. The van der Waals surface area contributed by atoms with Gasteiger partial charge >= 0.3 is 0 Å². The molecule has 2 aliphatic rings. The molecule has 0 aromatic heterocycles. The van der Waals surface area contributed by atoms with Crippen LogP contribution in [0.25, 0.3) is 5.57 Å². The third-order valence-electron chi connectivity index (χ3n) is 5.27. The Bertz CT molecular complexity index is 820. The predicted octanol–water partition coefficient (Wildman–Crippen LogP) is 5.07. The first kappa shape index (κ1) is 23.1. The normalized spacial score (nSPS) is 17.9. The fourth-order valence-electron chi connectivity index (χ4n) is 3.66. The topological polar surface area (TPSA) is 15.7 Å². The summed E-state index contributed by atoms with van der Waals surface area (Å²) >= 11 is 1.84. The van der Waals surface area contributed by atoms with Crippen LogP contribution >= 0.6 is 36.6 Å². The van der Waals surface area contributed by atoms with E-state index >= 15 is 0 Å². The molecule has 4 rings (SSSR count). The Morgan fingerprint density at radius 3 is 2.43 bits per heavy atom. The molecule has 3 nitrogen and oxygen atoms in total. The summed E-state index contributed by atoms with van der Waals surface area (Å²) in [7, 11) is 3.94. The average molecular weight is 439 g/mol. The smallest absolute Gasteiger partial charge is 0.120 e. The Hall–Kier alpha value is -1.17. The summed E-state index contributed by atoms with van der Waals surface area (Å²) in [5.74, 6) is 0.924. The van der Waals surface area contributed by atoms with Crippen molar-refractivity contribution in [1.29, 1.82) is 0 Å². The van der Waals surface area contributed by atoms with E-state index in [0.29, 0.717) is 0 Å². The zero-order chi connectivity index (χ0) is 17.9. The van der Waals surface area contributed by atoms with E-state index in [9.17, 15) is 0 Å². The van der Waals surface area contributed by atoms with Crippen LogP contribution in [0.4, 0.5) is 0 Å². The fraction of sp³-hybridized carbons (Fsp3) is 0.364. The van der Waals surface area contributed by atoms with Crippen LogP contribution < -0.4 is 4.74 Å². The van der Waals surface area contributed by atoms with Crippen molar-refractivity contribution in [2.24, 2.45) is 0 Å². The first-order chi connectivity index (χ1) is 12.7. The Morgan fingerprint density at radius 2 is 1.68 bits per heavy atom. The lowest BCUT2D eigenvalue weighted by Crippen LogP contribution is -2.44. The average Bonchev–Trinajstić information content (AvgIpc) is 2.68. The molecule has 0 aliphatic carbocycles. The quantitative estimate of drug-likeness (QED) is 0.564. The van der Waals surface area contributed by atoms with Gasteiger partial charge in [-0.15, -0.1) is 24.8 Å². The molecule has 152 valence electrons. The third-order valence-corrected chi connectivity index (χ3v) is 6.40. The van der Waals surface area contributed by atoms with Gasteiger partial charge in [0.1, 0.15) is 5.75 Å². The largest absolute Gasteiger partial charge is 0.497 e. The maximum Gasteiger partial charge on any atom is 0.120 e. The summed E-state index contributed by atoms with van der Waals surface area (Å²) in [6.45, 7) is 5.86. The van der Waals surface area contributed by atoms with Gasteiger partial charge in [-0.2, -0.15) is 0 Å². The van der Waals surface area contributed by atoms with Gasteiger partial charge in [0.05, 0.1) is 7.11 Å². The Labute approximate surface area is 184 Å². The minimum atomic E-state index is 0. The highest BCUT2D eigenvalue weighted by atomic mass is 35.5. The van der Waals surface area contributed by atoms with E-state index in [1.165, 1.54) is 52.7 Å². The molecule has 0 bridgehead atoms. The van der Waals surface area contributed by atoms with Gasteiger partial charge in [-0.25, -0.2) is 0 Å². The van der Waals surface area contributed by atoms with Crippen molar-refractivity contribution in [3.63, 3.8) is 0 Å². The highest BCUT2D eigenvalue weighted by molar-refractivity contribution is 7.99. The van der Waals surface area contributed by atoms with Crippen LogP contribution in [0.1, 0.15) is 17.5 Å². The first-order valence-electron chi connectivity index (χ1n) is 9.31. The molecule has 6 heteroatoms. The number of hydrogen-bond acceptors (Lipinski definition) is 4. The van der Waals surface area contributed by atoms with Gasteiger partial charge < -0.3 is 14.5 Å². The van der Waals surface area contributed by atoms with Crippen LogP contribution in [0.5, 0.6) is 5.75 Å². The van der Waals surface area contributed by atoms with Crippen LogP contribution in [-0.2, 0) is 0 Å². The van der Waals surface area contributed by atoms with Crippen LogP contribution in [-0.4, -0.2) is 56.7 Å². The number of ether oxygens (including phenoxy) is 1. The molecule has 2 aromatic rings. The Morgan fingerprint density at radius 1 is 0.964 bits per heavy atom. The van der Waals surface area contributed by atoms with E-state index < -0.39 is 0 Å². The lowest BCUT2D eigenvalue weighted by molar-refractivity contribution is 0.156. The second-order valence-electron chi connectivity index (χ2n) is 7.01. The number of likely N-dealkylation sites (N-methyl/N-ethyl adjacent to an activating group) is 1. The number of fused-ring (bicyclic) bond motifs is 2. The highest BCUT2D eigenvalue weighted by Crippen LogP contribution is 2.46. The van der Waals surface area contributed by atoms with Crippen molar-refractivity contribution >= 4 is 42.1 Å². The van der Waals surface area contributed by atoms with Crippen molar-refractivity contribution in [1.82, 2.24) is 9.80 Å². The summed E-state index contributed by atoms with van der Waals surface area (Å²) < 4.78 is 5.43. The summed E-state index contributed by atoms with van der Waals surface area (Å²) in [6.07, 6.45) is 3.52. The van der Waals surface area contributed by atoms with Crippen LogP contribution in [0.15, 0.2) is 58.3 Å². The summed E-state index contributed by atoms with van der Waals surface area (Å²) in [5, 5.41) is 0. The molecule has 0 unspecified atom stereocenters. The monoisotopic (exact) mass is 438 g/mol. The van der Waals surface area contributed by atoms with E-state index in [-0.39, 0.29) is 24.8 Å². The van der Waals surface area contributed by atoms with Crippen LogP contribution in [0.2, 0.25) is 0 Å². The minimum Gasteiger partial charge on any atom is -0.497 e. The second kappa shape index (κ2) is 10.6. The summed E-state index contributed by atoms with van der Waals surface area (Å²) in [4.78, 5) is 7.61. The Kier molecular flexibility index (Phi) is 8.72. The van der Waals surface area contributed by atoms with Crippen LogP contribution in [0, 0.1) is 0 Å². The lowest BCUT2D eigenvalue weighted by atomic mass is 9.96. The number of benzene rings is 2. The zero-order valence-electron chi connectivity index (χ0n) is 16.4. The summed E-state index contributed by atoms with van der Waals surface area (Å²) in [6, 6.07) is 15.2. The van der Waals surface area contributed by atoms with E-state index in [1.54, 1.807) is 7.11 Å². The molecular formula is C22H28Cl2N2OS. The van der Waals surface area contributed by atoms with Crippen molar-refractivity contribution < 1.29 is 4.74 Å². The molecule has 28 heavy (non-hydrogen) atoms. The van der Waals surface area contributed by atoms with Crippen LogP contribution in [0.3, 0.4) is 0 Å². The van der Waals surface area contributed by atoms with Gasteiger partial charge in [-0.05, 0) is 54.4 Å². The highest BCUT2D eigenvalue weighted by Gasteiger charge is 2.21. The predicted molar refractivity (Wildman–Crippen MR) is 124 cm³/mol. The van der Waals surface area contributed by atoms with E-state index in [2.05, 4.69) is 65.4 Å². The number of piperazine rings is 1. The fourth-order valence-corrected chi connectivity index (χ4v) is 4.80. The van der Waals surface area contributed by atoms with Crippen molar-refractivity contribution in [2.75, 3.05) is 46.9 Å². The standard InChI is InChI=1S/C22H26N2OS.2ClH/c1-23-12-14-24(15-13-23)11-5-7-18-19-6-3-4-8-21(19)26-22-16-17(25-2)9-10-20(18)22;;/h3-4,6-10,16H,5,11-15H2,1-2H3;2*1H/b18-7-;;. The van der Waals surface area contributed by atoms with Crippen molar-refractivity contribution in [3.05, 3.63) is 59.7 Å². The molecule has 2 aliphatic heterocycles. The first-order valence-corrected chi connectivity index (χ1v) is 10.1. The summed E-state index contributed by atoms with van der Waals surface area (Å²) in [5.41, 5.74) is 4.05. The molecule has 2 heterocycles. The van der Waals surface area contributed by atoms with Gasteiger partial charge in [0.15, 0.2) is 0 Å². The van der Waals surface area contributed by atoms with Gasteiger partial charge in [0, 0.05) is 42.5 Å². The molecular weight excluding hydrogens is 411 g/mol. The second-order valence-corrected chi connectivity index (χ2v) is 8.10. The van der Waals surface area contributed by atoms with Gasteiger partial charge in [0.25, 0.3) is 0 Å². The molecule has 0 saturated carbocycles. The molecule has 0 radical (unpaired) electrons. The number of halogens is 2. The van der Waals surface area contributed by atoms with E-state index in [4.69, 9.17) is 4.74 Å². The molecule has 2 aromatic carbocycles. The number of rotatable bonds is 4. The van der Waals surface area contributed by atoms with E-state index in [1.807, 2.05) is 11.8 Å². The van der Waals surface area contributed by atoms with Gasteiger partial charge in [-0.1, -0.05) is 36.0 Å². The minimum absolute atomic E-state index is 0. The number of methoxy groups -OCH3 is 1. The Balaban J connectivity index is 0.00000140. The molecule has 0 atom stereocenters.